The van der Waals surface area contributed by atoms with Crippen LogP contribution >= 0.6 is 11.6 Å². The Bertz CT molecular complexity index is 1050. The van der Waals surface area contributed by atoms with E-state index in [1.165, 1.54) is 6.39 Å². The van der Waals surface area contributed by atoms with Crippen LogP contribution in [-0.2, 0) is 0 Å². The predicted molar refractivity (Wildman–Crippen MR) is 104 cm³/mol. The number of furan rings is 1. The summed E-state index contributed by atoms with van der Waals surface area (Å²) in [5, 5.41) is 18.2. The van der Waals surface area contributed by atoms with Gasteiger partial charge in [0.05, 0.1) is 12.6 Å². The molecule has 2 aromatic carbocycles. The Kier molecular flexibility index (Phi) is 5.57. The van der Waals surface area contributed by atoms with Gasteiger partial charge < -0.3 is 24.1 Å². The highest BCUT2D eigenvalue weighted by atomic mass is 35.5. The maximum absolute atomic E-state index is 9.61. The Morgan fingerprint density at radius 1 is 1.18 bits per heavy atom. The lowest BCUT2D eigenvalue weighted by Crippen LogP contribution is -2.28. The average molecular weight is 400 g/mol. The van der Waals surface area contributed by atoms with E-state index in [4.69, 9.17) is 25.3 Å². The number of nitrogens with zero attached hydrogens (tertiary/aromatic N) is 2. The van der Waals surface area contributed by atoms with Crippen LogP contribution in [0.25, 0.3) is 22.6 Å². The van der Waals surface area contributed by atoms with Gasteiger partial charge in [-0.15, -0.1) is 0 Å². The largest absolute Gasteiger partial charge is 0.492 e. The van der Waals surface area contributed by atoms with Crippen molar-refractivity contribution in [3.63, 3.8) is 0 Å². The number of fused-ring (bicyclic) bond motifs is 1. The molecule has 0 saturated carbocycles. The van der Waals surface area contributed by atoms with Crippen LogP contribution in [0.2, 0.25) is 5.02 Å². The molecule has 0 unspecified atom stereocenters. The first kappa shape index (κ1) is 18.5. The van der Waals surface area contributed by atoms with Crippen LogP contribution in [0.4, 0.5) is 0 Å². The Balaban J connectivity index is 1.35. The predicted octanol–water partition coefficient (Wildman–Crippen LogP) is 3.84. The lowest BCUT2D eigenvalue weighted by Gasteiger charge is -2.17. The van der Waals surface area contributed by atoms with E-state index in [0.29, 0.717) is 35.3 Å². The highest BCUT2D eigenvalue weighted by Crippen LogP contribution is 2.28. The molecule has 0 aliphatic carbocycles. The van der Waals surface area contributed by atoms with Crippen LogP contribution in [0.3, 0.4) is 0 Å². The number of halogens is 1. The fourth-order valence-electron chi connectivity index (χ4n) is 2.91. The van der Waals surface area contributed by atoms with E-state index in [2.05, 4.69) is 15.5 Å². The molecule has 1 atom stereocenters. The van der Waals surface area contributed by atoms with E-state index in [1.54, 1.807) is 6.07 Å². The summed E-state index contributed by atoms with van der Waals surface area (Å²) in [6.45, 7) is 0.980. The molecule has 4 rings (SSSR count). The molecular weight excluding hydrogens is 382 g/mol. The summed E-state index contributed by atoms with van der Waals surface area (Å²) in [5.41, 5.74) is 1.65. The molecule has 144 valence electrons. The number of benzene rings is 2. The van der Waals surface area contributed by atoms with Crippen LogP contribution in [0, 0.1) is 0 Å². The molecule has 8 heteroatoms. The molecule has 0 saturated heterocycles. The van der Waals surface area contributed by atoms with Crippen molar-refractivity contribution in [2.45, 2.75) is 6.04 Å². The Morgan fingerprint density at radius 3 is 2.89 bits per heavy atom. The molecule has 0 radical (unpaired) electrons. The Labute approximate surface area is 165 Å². The standard InChI is InChI=1S/C20H18ClN3O4/c21-15-3-1-2-13(8-15)17(11-25)22-6-7-26-16-4-5-18-14(9-16)10-19(28-18)20-23-12-27-24-20/h1-5,8-10,12,17,22,25H,6-7,11H2/t17-/m0/s1. The average Bonchev–Trinajstić information content (AvgIpc) is 3.37. The second-order valence-corrected chi connectivity index (χ2v) is 6.59. The molecule has 0 fully saturated rings. The van der Waals surface area contributed by atoms with Crippen LogP contribution in [0.15, 0.2) is 63.9 Å². The first-order valence-electron chi connectivity index (χ1n) is 8.76. The van der Waals surface area contributed by atoms with Crippen LogP contribution < -0.4 is 10.1 Å². The van der Waals surface area contributed by atoms with Gasteiger partial charge in [0.1, 0.15) is 17.9 Å². The number of nitrogens with one attached hydrogen (secondary N) is 1. The van der Waals surface area contributed by atoms with Gasteiger partial charge in [-0.2, -0.15) is 4.98 Å². The van der Waals surface area contributed by atoms with E-state index < -0.39 is 0 Å². The molecule has 2 heterocycles. The molecule has 0 aliphatic rings. The van der Waals surface area contributed by atoms with Crippen LogP contribution in [0.1, 0.15) is 11.6 Å². The van der Waals surface area contributed by atoms with Gasteiger partial charge in [0, 0.05) is 17.0 Å². The van der Waals surface area contributed by atoms with E-state index in [0.717, 1.165) is 16.7 Å². The van der Waals surface area contributed by atoms with Crippen molar-refractivity contribution in [2.24, 2.45) is 0 Å². The molecule has 0 amide bonds. The zero-order valence-electron chi connectivity index (χ0n) is 14.8. The van der Waals surface area contributed by atoms with Gasteiger partial charge in [-0.05, 0) is 42.0 Å². The van der Waals surface area contributed by atoms with Crippen molar-refractivity contribution in [3.05, 3.63) is 65.5 Å². The maximum Gasteiger partial charge on any atom is 0.237 e. The first-order valence-corrected chi connectivity index (χ1v) is 9.13. The number of hydrogen-bond acceptors (Lipinski definition) is 7. The van der Waals surface area contributed by atoms with Crippen molar-refractivity contribution < 1.29 is 18.8 Å². The zero-order chi connectivity index (χ0) is 19.3. The van der Waals surface area contributed by atoms with Crippen molar-refractivity contribution in [1.29, 1.82) is 0 Å². The fourth-order valence-corrected chi connectivity index (χ4v) is 3.11. The highest BCUT2D eigenvalue weighted by molar-refractivity contribution is 6.30. The minimum Gasteiger partial charge on any atom is -0.492 e. The minimum atomic E-state index is -0.198. The van der Waals surface area contributed by atoms with Gasteiger partial charge in [0.25, 0.3) is 0 Å². The second-order valence-electron chi connectivity index (χ2n) is 6.16. The molecule has 7 nitrogen and oxygen atoms in total. The molecule has 0 aliphatic heterocycles. The van der Waals surface area contributed by atoms with Crippen molar-refractivity contribution in [2.75, 3.05) is 19.8 Å². The molecule has 28 heavy (non-hydrogen) atoms. The normalized spacial score (nSPS) is 12.4. The van der Waals surface area contributed by atoms with Crippen molar-refractivity contribution in [3.8, 4) is 17.3 Å². The van der Waals surface area contributed by atoms with Gasteiger partial charge in [0.15, 0.2) is 5.76 Å². The number of aliphatic hydroxyl groups is 1. The van der Waals surface area contributed by atoms with Gasteiger partial charge in [-0.1, -0.05) is 28.9 Å². The number of ether oxygens (including phenoxy) is 1. The molecule has 2 aromatic heterocycles. The zero-order valence-corrected chi connectivity index (χ0v) is 15.6. The minimum absolute atomic E-state index is 0.0276. The molecule has 0 spiro atoms. The Hall–Kier alpha value is -2.87. The van der Waals surface area contributed by atoms with Crippen LogP contribution in [-0.4, -0.2) is 35.0 Å². The van der Waals surface area contributed by atoms with Crippen LogP contribution in [0.5, 0.6) is 5.75 Å². The fraction of sp³-hybridized carbons (Fsp3) is 0.200. The number of hydrogen-bond donors (Lipinski definition) is 2. The molecule has 0 bridgehead atoms. The topological polar surface area (TPSA) is 93.5 Å². The summed E-state index contributed by atoms with van der Waals surface area (Å²) >= 11 is 6.01. The van der Waals surface area contributed by atoms with Gasteiger partial charge in [-0.25, -0.2) is 0 Å². The lowest BCUT2D eigenvalue weighted by molar-refractivity contribution is 0.232. The SMILES string of the molecule is OC[C@H](NCCOc1ccc2oc(-c3ncon3)cc2c1)c1cccc(Cl)c1. The third-order valence-electron chi connectivity index (χ3n) is 4.26. The summed E-state index contributed by atoms with van der Waals surface area (Å²) in [5.74, 6) is 1.66. The van der Waals surface area contributed by atoms with E-state index >= 15 is 0 Å². The maximum atomic E-state index is 9.61. The number of aromatic nitrogens is 2. The summed E-state index contributed by atoms with van der Waals surface area (Å²) in [6, 6.07) is 14.6. The lowest BCUT2D eigenvalue weighted by atomic mass is 10.1. The van der Waals surface area contributed by atoms with Crippen molar-refractivity contribution in [1.82, 2.24) is 15.5 Å². The summed E-state index contributed by atoms with van der Waals surface area (Å²) in [7, 11) is 0. The van der Waals surface area contributed by atoms with Gasteiger partial charge in [0.2, 0.25) is 12.2 Å². The van der Waals surface area contributed by atoms with E-state index in [9.17, 15) is 5.11 Å². The molecule has 2 N–H and O–H groups in total. The van der Waals surface area contributed by atoms with E-state index in [1.807, 2.05) is 42.5 Å². The summed E-state index contributed by atoms with van der Waals surface area (Å²) < 4.78 is 16.3. The second kappa shape index (κ2) is 8.43. The molecule has 4 aromatic rings. The van der Waals surface area contributed by atoms with E-state index in [-0.39, 0.29) is 12.6 Å². The third kappa shape index (κ3) is 4.17. The number of rotatable bonds is 8. The third-order valence-corrected chi connectivity index (χ3v) is 4.50. The quantitative estimate of drug-likeness (QED) is 0.435. The Morgan fingerprint density at radius 2 is 2.11 bits per heavy atom. The first-order chi connectivity index (χ1) is 13.7. The number of aliphatic hydroxyl groups excluding tert-OH is 1. The van der Waals surface area contributed by atoms with Gasteiger partial charge >= 0.3 is 0 Å². The summed E-state index contributed by atoms with van der Waals surface area (Å²) in [6.07, 6.45) is 1.26. The summed E-state index contributed by atoms with van der Waals surface area (Å²) in [4.78, 5) is 3.98. The monoisotopic (exact) mass is 399 g/mol. The molecular formula is C20H18ClN3O4. The van der Waals surface area contributed by atoms with Crippen molar-refractivity contribution >= 4 is 22.6 Å². The van der Waals surface area contributed by atoms with Gasteiger partial charge in [-0.3, -0.25) is 0 Å². The highest BCUT2D eigenvalue weighted by Gasteiger charge is 2.12. The smallest absolute Gasteiger partial charge is 0.237 e.